The number of rotatable bonds is 8. The number of hydrogen-bond donors (Lipinski definition) is 1. The van der Waals surface area contributed by atoms with Crippen LogP contribution in [0.4, 0.5) is 5.95 Å². The number of aromatic nitrogens is 3. The van der Waals surface area contributed by atoms with Crippen LogP contribution in [0, 0.1) is 0 Å². The van der Waals surface area contributed by atoms with Crippen LogP contribution >= 0.6 is 39.3 Å². The maximum Gasteiger partial charge on any atom is 0.338 e. The molecule has 0 amide bonds. The molecule has 1 N–H and O–H groups in total. The van der Waals surface area contributed by atoms with Crippen LogP contribution in [0.2, 0.25) is 5.02 Å². The Morgan fingerprint density at radius 2 is 2.06 bits per heavy atom. The molecule has 1 aliphatic heterocycles. The van der Waals surface area contributed by atoms with Gasteiger partial charge in [-0.25, -0.2) is 9.48 Å². The zero-order valence-electron chi connectivity index (χ0n) is 19.6. The van der Waals surface area contributed by atoms with Crippen LogP contribution < -0.4 is 14.8 Å². The molecule has 35 heavy (non-hydrogen) atoms. The fourth-order valence-corrected chi connectivity index (χ4v) is 5.50. The number of anilines is 1. The number of benzene rings is 2. The van der Waals surface area contributed by atoms with Gasteiger partial charge in [0.15, 0.2) is 11.5 Å². The highest BCUT2D eigenvalue weighted by Crippen LogP contribution is 2.43. The first-order valence-electron chi connectivity index (χ1n) is 10.8. The summed E-state index contributed by atoms with van der Waals surface area (Å²) in [7, 11) is 2.93. The minimum Gasteiger partial charge on any atom is -0.493 e. The Labute approximate surface area is 221 Å². The first-order valence-corrected chi connectivity index (χ1v) is 12.9. The molecule has 11 heteroatoms. The summed E-state index contributed by atoms with van der Waals surface area (Å²) >= 11 is 11.3. The SMILES string of the molecule is CCOc1c(Br)cc(C2C(C(=O)OC)=C(C)Nc3nc(SCc4ccccc4Cl)nn32)cc1OC. The van der Waals surface area contributed by atoms with Crippen LogP contribution in [0.1, 0.15) is 31.0 Å². The van der Waals surface area contributed by atoms with Crippen molar-refractivity contribution >= 4 is 51.2 Å². The van der Waals surface area contributed by atoms with E-state index in [4.69, 9.17) is 30.9 Å². The standard InChI is InChI=1S/C24H24BrClN4O4S/c1-5-34-21-16(25)10-15(11-18(21)32-3)20-19(22(31)33-4)13(2)27-23-28-24(29-30(20)23)35-12-14-8-6-7-9-17(14)26/h6-11,20H,5,12H2,1-4H3,(H,27,28,29). The van der Waals surface area contributed by atoms with Gasteiger partial charge in [0.1, 0.15) is 6.04 Å². The highest BCUT2D eigenvalue weighted by atomic mass is 79.9. The molecule has 1 aromatic heterocycles. The van der Waals surface area contributed by atoms with E-state index in [1.165, 1.54) is 18.9 Å². The zero-order chi connectivity index (χ0) is 25.1. The van der Waals surface area contributed by atoms with Gasteiger partial charge in [0.2, 0.25) is 11.1 Å². The Hall–Kier alpha value is -2.69. The van der Waals surface area contributed by atoms with Crippen molar-refractivity contribution in [2.45, 2.75) is 30.8 Å². The number of carbonyl (C=O) groups excluding carboxylic acids is 1. The number of ether oxygens (including phenoxy) is 3. The normalized spacial score (nSPS) is 14.9. The molecule has 1 atom stereocenters. The van der Waals surface area contributed by atoms with Crippen LogP contribution in [0.15, 0.2) is 57.3 Å². The molecule has 1 aliphatic rings. The van der Waals surface area contributed by atoms with Crippen molar-refractivity contribution in [1.82, 2.24) is 14.8 Å². The second kappa shape index (κ2) is 10.9. The van der Waals surface area contributed by atoms with E-state index in [1.807, 2.05) is 50.2 Å². The highest BCUT2D eigenvalue weighted by Gasteiger charge is 2.36. The van der Waals surface area contributed by atoms with Crippen LogP contribution in [0.3, 0.4) is 0 Å². The molecule has 0 saturated heterocycles. The predicted octanol–water partition coefficient (Wildman–Crippen LogP) is 5.86. The average molecular weight is 580 g/mol. The summed E-state index contributed by atoms with van der Waals surface area (Å²) in [6, 6.07) is 10.8. The molecule has 8 nitrogen and oxygen atoms in total. The fraction of sp³-hybridized carbons (Fsp3) is 0.292. The minimum atomic E-state index is -0.596. The molecule has 3 aromatic rings. The smallest absolute Gasteiger partial charge is 0.338 e. The van der Waals surface area contributed by atoms with Crippen LogP contribution in [0.5, 0.6) is 11.5 Å². The molecule has 1 unspecified atom stereocenters. The van der Waals surface area contributed by atoms with Crippen molar-refractivity contribution in [2.75, 3.05) is 26.1 Å². The molecule has 0 radical (unpaired) electrons. The lowest BCUT2D eigenvalue weighted by atomic mass is 9.95. The number of thioether (sulfide) groups is 1. The Kier molecular flexibility index (Phi) is 7.93. The van der Waals surface area contributed by atoms with Gasteiger partial charge >= 0.3 is 5.97 Å². The van der Waals surface area contributed by atoms with Gasteiger partial charge in [-0.1, -0.05) is 41.6 Å². The summed E-state index contributed by atoms with van der Waals surface area (Å²) in [6.45, 7) is 4.19. The highest BCUT2D eigenvalue weighted by molar-refractivity contribution is 9.10. The third-order valence-corrected chi connectivity index (χ3v) is 7.25. The molecule has 0 fully saturated rings. The summed E-state index contributed by atoms with van der Waals surface area (Å²) < 4.78 is 18.8. The fourth-order valence-electron chi connectivity index (χ4n) is 3.81. The number of methoxy groups -OCH3 is 2. The van der Waals surface area contributed by atoms with E-state index in [1.54, 1.807) is 11.8 Å². The van der Waals surface area contributed by atoms with Gasteiger partial charge in [0, 0.05) is 16.5 Å². The molecular weight excluding hydrogens is 556 g/mol. The maximum atomic E-state index is 12.9. The number of halogens is 2. The van der Waals surface area contributed by atoms with E-state index in [2.05, 4.69) is 26.2 Å². The van der Waals surface area contributed by atoms with Gasteiger partial charge < -0.3 is 19.5 Å². The number of allylic oxidation sites excluding steroid dienone is 1. The Bertz CT molecular complexity index is 1300. The average Bonchev–Trinajstić information content (AvgIpc) is 3.25. The number of fused-ring (bicyclic) bond motifs is 1. The van der Waals surface area contributed by atoms with E-state index in [9.17, 15) is 4.79 Å². The van der Waals surface area contributed by atoms with Crippen molar-refractivity contribution in [3.05, 3.63) is 68.3 Å². The van der Waals surface area contributed by atoms with Gasteiger partial charge in [0.05, 0.1) is 30.9 Å². The lowest BCUT2D eigenvalue weighted by molar-refractivity contribution is -0.136. The van der Waals surface area contributed by atoms with Crippen LogP contribution in [0.25, 0.3) is 0 Å². The van der Waals surface area contributed by atoms with Crippen LogP contribution in [-0.4, -0.2) is 41.6 Å². The van der Waals surface area contributed by atoms with Gasteiger partial charge in [-0.05, 0) is 59.1 Å². The number of nitrogens with zero attached hydrogens (tertiary/aromatic N) is 3. The molecule has 2 heterocycles. The second-order valence-electron chi connectivity index (χ2n) is 7.57. The van der Waals surface area contributed by atoms with E-state index >= 15 is 0 Å². The van der Waals surface area contributed by atoms with E-state index in [-0.39, 0.29) is 0 Å². The largest absolute Gasteiger partial charge is 0.493 e. The second-order valence-corrected chi connectivity index (χ2v) is 9.77. The van der Waals surface area contributed by atoms with Crippen molar-refractivity contribution in [2.24, 2.45) is 0 Å². The number of carbonyl (C=O) groups is 1. The van der Waals surface area contributed by atoms with E-state index in [0.29, 0.717) is 55.7 Å². The third kappa shape index (κ3) is 5.14. The van der Waals surface area contributed by atoms with Crippen LogP contribution in [-0.2, 0) is 15.3 Å². The van der Waals surface area contributed by atoms with Crippen molar-refractivity contribution in [3.63, 3.8) is 0 Å². The Balaban J connectivity index is 1.77. The third-order valence-electron chi connectivity index (χ3n) is 5.41. The van der Waals surface area contributed by atoms with Crippen molar-refractivity contribution < 1.29 is 19.0 Å². The molecule has 0 spiro atoms. The summed E-state index contributed by atoms with van der Waals surface area (Å²) in [6.07, 6.45) is 0. The summed E-state index contributed by atoms with van der Waals surface area (Å²) in [5.41, 5.74) is 2.80. The first kappa shape index (κ1) is 25.4. The maximum absolute atomic E-state index is 12.9. The van der Waals surface area contributed by atoms with E-state index in [0.717, 1.165) is 11.1 Å². The Morgan fingerprint density at radius 1 is 1.29 bits per heavy atom. The summed E-state index contributed by atoms with van der Waals surface area (Å²) in [4.78, 5) is 17.5. The van der Waals surface area contributed by atoms with Gasteiger partial charge in [-0.2, -0.15) is 4.98 Å². The predicted molar refractivity (Wildman–Crippen MR) is 139 cm³/mol. The first-order chi connectivity index (χ1) is 16.9. The molecule has 0 bridgehead atoms. The zero-order valence-corrected chi connectivity index (χ0v) is 22.8. The lowest BCUT2D eigenvalue weighted by Crippen LogP contribution is -2.29. The minimum absolute atomic E-state index is 0.422. The van der Waals surface area contributed by atoms with Gasteiger partial charge in [-0.3, -0.25) is 0 Å². The molecule has 4 rings (SSSR count). The molecule has 0 saturated carbocycles. The topological polar surface area (TPSA) is 87.5 Å². The molecule has 184 valence electrons. The summed E-state index contributed by atoms with van der Waals surface area (Å²) in [5.74, 6) is 1.78. The number of hydrogen-bond acceptors (Lipinski definition) is 8. The van der Waals surface area contributed by atoms with Gasteiger partial charge in [0.25, 0.3) is 0 Å². The summed E-state index contributed by atoms with van der Waals surface area (Å²) in [5, 5.41) is 9.16. The Morgan fingerprint density at radius 3 is 2.74 bits per heavy atom. The molecular formula is C24H24BrClN4O4S. The quantitative estimate of drug-likeness (QED) is 0.262. The van der Waals surface area contributed by atoms with E-state index < -0.39 is 12.0 Å². The van der Waals surface area contributed by atoms with Crippen molar-refractivity contribution in [1.29, 1.82) is 0 Å². The lowest BCUT2D eigenvalue weighted by Gasteiger charge is -2.28. The molecule has 2 aromatic carbocycles. The van der Waals surface area contributed by atoms with Gasteiger partial charge in [-0.15, -0.1) is 5.10 Å². The number of nitrogens with one attached hydrogen (secondary N) is 1. The van der Waals surface area contributed by atoms with Crippen molar-refractivity contribution in [3.8, 4) is 11.5 Å². The monoisotopic (exact) mass is 578 g/mol. The molecule has 0 aliphatic carbocycles. The number of esters is 1.